The van der Waals surface area contributed by atoms with Crippen LogP contribution in [0.1, 0.15) is 30.2 Å². The van der Waals surface area contributed by atoms with Gasteiger partial charge in [-0.05, 0) is 37.1 Å². The predicted octanol–water partition coefficient (Wildman–Crippen LogP) is 5.55. The molecule has 7 heteroatoms. The van der Waals surface area contributed by atoms with Crippen molar-refractivity contribution in [2.45, 2.75) is 33.2 Å². The van der Waals surface area contributed by atoms with Crippen molar-refractivity contribution in [2.24, 2.45) is 0 Å². The molecule has 4 aromatic rings. The number of hydrogen-bond donors (Lipinski definition) is 1. The molecule has 0 spiro atoms. The topological polar surface area (TPSA) is 59.8 Å². The molecule has 2 aromatic carbocycles. The normalized spacial score (nSPS) is 11.3. The van der Waals surface area contributed by atoms with Crippen molar-refractivity contribution in [3.8, 4) is 11.3 Å². The van der Waals surface area contributed by atoms with Gasteiger partial charge in [0.05, 0.1) is 16.8 Å². The fourth-order valence-corrected chi connectivity index (χ4v) is 3.59. The molecule has 0 aliphatic carbocycles. The van der Waals surface area contributed by atoms with E-state index in [0.717, 1.165) is 12.0 Å². The summed E-state index contributed by atoms with van der Waals surface area (Å²) in [6.07, 6.45) is -1.77. The van der Waals surface area contributed by atoms with E-state index in [1.165, 1.54) is 16.3 Å². The standard InChI is InChI=1S/C24H22F2N4O/c1-3-16-9-11-18(12-10-16)27-21(31)14-30-24-22(15(2)29-30)19(23(25)26)13-20(28-24)17-7-5-4-6-8-17/h4-13,23H,3,14H2,1-2H3,(H,27,31). The van der Waals surface area contributed by atoms with Crippen LogP contribution in [-0.2, 0) is 17.8 Å². The molecule has 0 aliphatic rings. The minimum Gasteiger partial charge on any atom is -0.324 e. The lowest BCUT2D eigenvalue weighted by atomic mass is 10.1. The lowest BCUT2D eigenvalue weighted by Crippen LogP contribution is -2.19. The molecule has 0 fully saturated rings. The van der Waals surface area contributed by atoms with Crippen molar-refractivity contribution < 1.29 is 13.6 Å². The number of nitrogens with one attached hydrogen (secondary N) is 1. The number of halogens is 2. The molecule has 158 valence electrons. The summed E-state index contributed by atoms with van der Waals surface area (Å²) in [4.78, 5) is 17.2. The van der Waals surface area contributed by atoms with Gasteiger partial charge in [0, 0.05) is 16.8 Å². The van der Waals surface area contributed by atoms with Crippen molar-refractivity contribution in [3.05, 3.63) is 77.5 Å². The maximum absolute atomic E-state index is 13.8. The number of amides is 1. The first-order chi connectivity index (χ1) is 15.0. The van der Waals surface area contributed by atoms with Crippen molar-refractivity contribution in [3.63, 3.8) is 0 Å². The Morgan fingerprint density at radius 3 is 2.45 bits per heavy atom. The average molecular weight is 420 g/mol. The molecule has 31 heavy (non-hydrogen) atoms. The Hall–Kier alpha value is -3.61. The minimum atomic E-state index is -2.68. The van der Waals surface area contributed by atoms with E-state index < -0.39 is 6.43 Å². The van der Waals surface area contributed by atoms with Crippen LogP contribution in [0.15, 0.2) is 60.7 Å². The highest BCUT2D eigenvalue weighted by molar-refractivity contribution is 5.92. The summed E-state index contributed by atoms with van der Waals surface area (Å²) in [5.41, 5.74) is 3.52. The van der Waals surface area contributed by atoms with Gasteiger partial charge in [0.15, 0.2) is 5.65 Å². The van der Waals surface area contributed by atoms with Crippen LogP contribution in [0, 0.1) is 6.92 Å². The molecular weight excluding hydrogens is 398 g/mol. The van der Waals surface area contributed by atoms with Crippen molar-refractivity contribution in [1.29, 1.82) is 0 Å². The first kappa shape index (κ1) is 20.7. The number of anilines is 1. The van der Waals surface area contributed by atoms with Crippen LogP contribution >= 0.6 is 0 Å². The molecule has 0 unspecified atom stereocenters. The number of alkyl halides is 2. The van der Waals surface area contributed by atoms with Crippen LogP contribution in [-0.4, -0.2) is 20.7 Å². The molecule has 5 nitrogen and oxygen atoms in total. The van der Waals surface area contributed by atoms with Gasteiger partial charge in [-0.25, -0.2) is 18.4 Å². The fourth-order valence-electron chi connectivity index (χ4n) is 3.59. The SMILES string of the molecule is CCc1ccc(NC(=O)Cn2nc(C)c3c(C(F)F)cc(-c4ccccc4)nc32)cc1. The maximum atomic E-state index is 13.8. The highest BCUT2D eigenvalue weighted by Crippen LogP contribution is 2.33. The molecule has 4 rings (SSSR count). The molecule has 0 radical (unpaired) electrons. The van der Waals surface area contributed by atoms with E-state index in [1.807, 2.05) is 54.6 Å². The molecule has 0 atom stereocenters. The predicted molar refractivity (Wildman–Crippen MR) is 117 cm³/mol. The molecule has 0 aliphatic heterocycles. The summed E-state index contributed by atoms with van der Waals surface area (Å²) in [6.45, 7) is 3.58. The Kier molecular flexibility index (Phi) is 5.75. The third-order valence-corrected chi connectivity index (χ3v) is 5.15. The van der Waals surface area contributed by atoms with Crippen LogP contribution in [0.25, 0.3) is 22.3 Å². The Bertz CT molecular complexity index is 1220. The molecule has 0 saturated heterocycles. The summed E-state index contributed by atoms with van der Waals surface area (Å²) in [7, 11) is 0. The van der Waals surface area contributed by atoms with Gasteiger partial charge in [-0.15, -0.1) is 0 Å². The monoisotopic (exact) mass is 420 g/mol. The van der Waals surface area contributed by atoms with Crippen molar-refractivity contribution in [1.82, 2.24) is 14.8 Å². The number of aromatic nitrogens is 3. The third kappa shape index (κ3) is 4.30. The van der Waals surface area contributed by atoms with Crippen LogP contribution in [0.5, 0.6) is 0 Å². The number of rotatable bonds is 6. The Morgan fingerprint density at radius 2 is 1.81 bits per heavy atom. The van der Waals surface area contributed by atoms with Gasteiger partial charge in [0.25, 0.3) is 6.43 Å². The lowest BCUT2D eigenvalue weighted by Gasteiger charge is -2.09. The zero-order valence-electron chi connectivity index (χ0n) is 17.3. The van der Waals surface area contributed by atoms with Gasteiger partial charge in [-0.3, -0.25) is 4.79 Å². The van der Waals surface area contributed by atoms with E-state index in [4.69, 9.17) is 0 Å². The van der Waals surface area contributed by atoms with E-state index >= 15 is 0 Å². The van der Waals surface area contributed by atoms with Crippen LogP contribution < -0.4 is 5.32 Å². The number of hydrogen-bond acceptors (Lipinski definition) is 3. The number of carbonyl (C=O) groups is 1. The summed E-state index contributed by atoms with van der Waals surface area (Å²) in [5, 5.41) is 7.45. The second kappa shape index (κ2) is 8.63. The van der Waals surface area contributed by atoms with E-state index in [0.29, 0.717) is 17.1 Å². The van der Waals surface area contributed by atoms with Gasteiger partial charge < -0.3 is 5.32 Å². The first-order valence-electron chi connectivity index (χ1n) is 10.1. The zero-order chi connectivity index (χ0) is 22.0. The molecule has 1 N–H and O–H groups in total. The number of aryl methyl sites for hydroxylation is 2. The van der Waals surface area contributed by atoms with E-state index in [2.05, 4.69) is 22.3 Å². The molecule has 2 heterocycles. The molecule has 1 amide bonds. The van der Waals surface area contributed by atoms with E-state index in [9.17, 15) is 13.6 Å². The number of pyridine rings is 1. The minimum absolute atomic E-state index is 0.131. The number of carbonyl (C=O) groups excluding carboxylic acids is 1. The van der Waals surface area contributed by atoms with Crippen molar-refractivity contribution >= 4 is 22.6 Å². The van der Waals surface area contributed by atoms with Crippen LogP contribution in [0.2, 0.25) is 0 Å². The number of fused-ring (bicyclic) bond motifs is 1. The van der Waals surface area contributed by atoms with Gasteiger partial charge in [0.2, 0.25) is 5.91 Å². The highest BCUT2D eigenvalue weighted by atomic mass is 19.3. The zero-order valence-corrected chi connectivity index (χ0v) is 17.3. The first-order valence-corrected chi connectivity index (χ1v) is 10.1. The number of benzene rings is 2. The van der Waals surface area contributed by atoms with Crippen LogP contribution in [0.3, 0.4) is 0 Å². The second-order valence-corrected chi connectivity index (χ2v) is 7.30. The van der Waals surface area contributed by atoms with Crippen LogP contribution in [0.4, 0.5) is 14.5 Å². The largest absolute Gasteiger partial charge is 0.324 e. The third-order valence-electron chi connectivity index (χ3n) is 5.15. The second-order valence-electron chi connectivity index (χ2n) is 7.30. The Balaban J connectivity index is 1.70. The number of nitrogens with zero attached hydrogens (tertiary/aromatic N) is 3. The summed E-state index contributed by atoms with van der Waals surface area (Å²) < 4.78 is 29.1. The average Bonchev–Trinajstić information content (AvgIpc) is 3.09. The van der Waals surface area contributed by atoms with E-state index in [1.54, 1.807) is 6.92 Å². The van der Waals surface area contributed by atoms with Gasteiger partial charge in [-0.2, -0.15) is 5.10 Å². The molecular formula is C24H22F2N4O. The quantitative estimate of drug-likeness (QED) is 0.445. The Morgan fingerprint density at radius 1 is 1.10 bits per heavy atom. The van der Waals surface area contributed by atoms with E-state index in [-0.39, 0.29) is 29.0 Å². The molecule has 0 bridgehead atoms. The summed E-state index contributed by atoms with van der Waals surface area (Å²) >= 11 is 0. The summed E-state index contributed by atoms with van der Waals surface area (Å²) in [5.74, 6) is -0.306. The summed E-state index contributed by atoms with van der Waals surface area (Å²) in [6, 6.07) is 18.1. The fraction of sp³-hybridized carbons (Fsp3) is 0.208. The Labute approximate surface area is 178 Å². The van der Waals surface area contributed by atoms with Gasteiger partial charge >= 0.3 is 0 Å². The molecule has 0 saturated carbocycles. The maximum Gasteiger partial charge on any atom is 0.264 e. The van der Waals surface area contributed by atoms with Gasteiger partial charge in [-0.1, -0.05) is 49.4 Å². The van der Waals surface area contributed by atoms with Gasteiger partial charge in [0.1, 0.15) is 6.54 Å². The van der Waals surface area contributed by atoms with Crippen molar-refractivity contribution in [2.75, 3.05) is 5.32 Å². The lowest BCUT2D eigenvalue weighted by molar-refractivity contribution is -0.116. The highest BCUT2D eigenvalue weighted by Gasteiger charge is 2.22. The molecule has 2 aromatic heterocycles. The smallest absolute Gasteiger partial charge is 0.264 e.